The summed E-state index contributed by atoms with van der Waals surface area (Å²) in [4.78, 5) is 11.3. The number of hydrogen-bond donors (Lipinski definition) is 2. The van der Waals surface area contributed by atoms with Gasteiger partial charge in [-0.15, -0.1) is 11.3 Å². The molecule has 2 N–H and O–H groups in total. The van der Waals surface area contributed by atoms with Crippen molar-refractivity contribution in [3.63, 3.8) is 0 Å². The summed E-state index contributed by atoms with van der Waals surface area (Å²) in [7, 11) is 4.16. The first kappa shape index (κ1) is 16.6. The van der Waals surface area contributed by atoms with Gasteiger partial charge in [0, 0.05) is 37.6 Å². The number of benzene rings is 1. The first-order valence-electron chi connectivity index (χ1n) is 8.81. The quantitative estimate of drug-likeness (QED) is 0.868. The number of rotatable bonds is 2. The van der Waals surface area contributed by atoms with Crippen molar-refractivity contribution in [3.8, 4) is 0 Å². The zero-order chi connectivity index (χ0) is 17.4. The Labute approximate surface area is 153 Å². The second kappa shape index (κ2) is 6.78. The van der Waals surface area contributed by atoms with Crippen molar-refractivity contribution in [2.75, 3.05) is 45.6 Å². The lowest BCUT2D eigenvalue weighted by atomic mass is 10.1. The van der Waals surface area contributed by atoms with Crippen LogP contribution in [-0.2, 0) is 6.54 Å². The van der Waals surface area contributed by atoms with Crippen LogP contribution >= 0.6 is 11.3 Å². The van der Waals surface area contributed by atoms with Crippen LogP contribution in [0, 0.1) is 6.92 Å². The molecule has 3 heterocycles. The van der Waals surface area contributed by atoms with Gasteiger partial charge in [0.1, 0.15) is 10.8 Å². The van der Waals surface area contributed by atoms with Crippen molar-refractivity contribution in [1.29, 1.82) is 0 Å². The van der Waals surface area contributed by atoms with Crippen LogP contribution in [0.2, 0.25) is 0 Å². The molecule has 4 rings (SSSR count). The van der Waals surface area contributed by atoms with Crippen molar-refractivity contribution in [2.24, 2.45) is 4.99 Å². The van der Waals surface area contributed by atoms with Crippen molar-refractivity contribution >= 4 is 33.5 Å². The molecule has 0 aliphatic carbocycles. The molecular formula is C19H25N5S. The number of nitrogens with one attached hydrogen (secondary N) is 2. The number of aryl methyl sites for hydroxylation is 1. The van der Waals surface area contributed by atoms with Gasteiger partial charge in [-0.25, -0.2) is 4.99 Å². The second-order valence-electron chi connectivity index (χ2n) is 6.83. The highest BCUT2D eigenvalue weighted by atomic mass is 32.1. The fourth-order valence-corrected chi connectivity index (χ4v) is 4.34. The van der Waals surface area contributed by atoms with E-state index in [0.29, 0.717) is 0 Å². The number of amidine groups is 1. The van der Waals surface area contributed by atoms with Gasteiger partial charge in [-0.05, 0) is 44.8 Å². The fraction of sp³-hybridized carbons (Fsp3) is 0.421. The summed E-state index contributed by atoms with van der Waals surface area (Å²) in [5, 5.41) is 8.04. The average Bonchev–Trinajstić information content (AvgIpc) is 2.89. The van der Waals surface area contributed by atoms with Crippen LogP contribution in [0.1, 0.15) is 16.0 Å². The highest BCUT2D eigenvalue weighted by Crippen LogP contribution is 2.39. The monoisotopic (exact) mass is 355 g/mol. The molecule has 1 saturated heterocycles. The molecule has 0 radical (unpaired) electrons. The molecule has 2 aliphatic heterocycles. The van der Waals surface area contributed by atoms with E-state index in [4.69, 9.17) is 4.99 Å². The molecule has 0 spiro atoms. The van der Waals surface area contributed by atoms with Crippen LogP contribution < -0.4 is 10.6 Å². The number of piperazine rings is 1. The smallest absolute Gasteiger partial charge is 0.139 e. The predicted molar refractivity (Wildman–Crippen MR) is 107 cm³/mol. The Morgan fingerprint density at radius 2 is 2.00 bits per heavy atom. The van der Waals surface area contributed by atoms with E-state index in [-0.39, 0.29) is 0 Å². The Morgan fingerprint density at radius 3 is 2.76 bits per heavy atom. The van der Waals surface area contributed by atoms with E-state index < -0.39 is 0 Å². The third kappa shape index (κ3) is 3.29. The minimum Gasteiger partial charge on any atom is -0.353 e. The number of likely N-dealkylation sites (N-methyl/N-ethyl adjacent to an activating group) is 1. The Balaban J connectivity index is 1.78. The summed E-state index contributed by atoms with van der Waals surface area (Å²) < 4.78 is 0. The second-order valence-corrected chi connectivity index (χ2v) is 8.09. The van der Waals surface area contributed by atoms with E-state index in [0.717, 1.165) is 49.9 Å². The molecule has 132 valence electrons. The lowest BCUT2D eigenvalue weighted by molar-refractivity contribution is 0.216. The summed E-state index contributed by atoms with van der Waals surface area (Å²) in [6.45, 7) is 7.23. The molecular weight excluding hydrogens is 330 g/mol. The highest BCUT2D eigenvalue weighted by molar-refractivity contribution is 7.16. The normalized spacial score (nSPS) is 17.4. The molecule has 25 heavy (non-hydrogen) atoms. The molecule has 1 aromatic carbocycles. The van der Waals surface area contributed by atoms with Gasteiger partial charge in [-0.3, -0.25) is 0 Å². The van der Waals surface area contributed by atoms with E-state index in [1.807, 2.05) is 18.4 Å². The van der Waals surface area contributed by atoms with Crippen molar-refractivity contribution in [2.45, 2.75) is 13.5 Å². The SMILES string of the molecule is CNCc1ccc2c(c1)N=C(N1CCN(C)CC1)c1cc(C)sc1N2. The van der Waals surface area contributed by atoms with E-state index >= 15 is 0 Å². The third-order valence-corrected chi connectivity index (χ3v) is 5.78. The minimum atomic E-state index is 0.855. The molecule has 5 nitrogen and oxygen atoms in total. The largest absolute Gasteiger partial charge is 0.353 e. The standard InChI is InChI=1S/C19H25N5S/c1-13-10-15-18(24-8-6-23(3)7-9-24)21-17-11-14(12-20-2)4-5-16(17)22-19(15)25-13/h4-5,10-11,20,22H,6-9,12H2,1-3H3. The van der Waals surface area contributed by atoms with Gasteiger partial charge in [0.25, 0.3) is 0 Å². The fourth-order valence-electron chi connectivity index (χ4n) is 3.42. The Morgan fingerprint density at radius 1 is 1.20 bits per heavy atom. The van der Waals surface area contributed by atoms with Gasteiger partial charge >= 0.3 is 0 Å². The molecule has 2 aromatic rings. The predicted octanol–water partition coefficient (Wildman–Crippen LogP) is 3.16. The maximum absolute atomic E-state index is 5.13. The maximum atomic E-state index is 5.13. The van der Waals surface area contributed by atoms with Gasteiger partial charge in [0.05, 0.1) is 16.9 Å². The Kier molecular flexibility index (Phi) is 4.50. The zero-order valence-corrected chi connectivity index (χ0v) is 15.9. The van der Waals surface area contributed by atoms with Gasteiger partial charge in [0.15, 0.2) is 0 Å². The zero-order valence-electron chi connectivity index (χ0n) is 15.1. The van der Waals surface area contributed by atoms with E-state index in [1.54, 1.807) is 0 Å². The number of anilines is 2. The maximum Gasteiger partial charge on any atom is 0.139 e. The number of aliphatic imine (C=N–C) groups is 1. The molecule has 0 unspecified atom stereocenters. The number of fused-ring (bicyclic) bond motifs is 2. The number of hydrogen-bond acceptors (Lipinski definition) is 6. The molecule has 0 atom stereocenters. The molecule has 0 saturated carbocycles. The van der Waals surface area contributed by atoms with E-state index in [2.05, 4.69) is 58.7 Å². The topological polar surface area (TPSA) is 42.9 Å². The average molecular weight is 356 g/mol. The van der Waals surface area contributed by atoms with Gasteiger partial charge in [-0.2, -0.15) is 0 Å². The van der Waals surface area contributed by atoms with Crippen LogP contribution in [0.15, 0.2) is 29.3 Å². The van der Waals surface area contributed by atoms with Crippen molar-refractivity contribution in [1.82, 2.24) is 15.1 Å². The molecule has 1 fully saturated rings. The Bertz CT molecular complexity index is 802. The molecule has 2 aliphatic rings. The first-order chi connectivity index (χ1) is 12.1. The van der Waals surface area contributed by atoms with Crippen LogP contribution in [0.4, 0.5) is 16.4 Å². The van der Waals surface area contributed by atoms with Gasteiger partial charge in [0.2, 0.25) is 0 Å². The number of nitrogens with zero attached hydrogens (tertiary/aromatic N) is 3. The van der Waals surface area contributed by atoms with Crippen LogP contribution in [0.3, 0.4) is 0 Å². The summed E-state index contributed by atoms with van der Waals surface area (Å²) in [6, 6.07) is 8.78. The Hall–Kier alpha value is -1.89. The number of thiophene rings is 1. The van der Waals surface area contributed by atoms with Crippen molar-refractivity contribution < 1.29 is 0 Å². The van der Waals surface area contributed by atoms with Crippen LogP contribution in [-0.4, -0.2) is 55.9 Å². The van der Waals surface area contributed by atoms with E-state index in [1.165, 1.54) is 21.0 Å². The van der Waals surface area contributed by atoms with Gasteiger partial charge in [-0.1, -0.05) is 6.07 Å². The lowest BCUT2D eigenvalue weighted by Crippen LogP contribution is -2.47. The van der Waals surface area contributed by atoms with Crippen molar-refractivity contribution in [3.05, 3.63) is 40.3 Å². The molecule has 0 bridgehead atoms. The summed E-state index contributed by atoms with van der Waals surface area (Å²) >= 11 is 1.81. The third-order valence-electron chi connectivity index (χ3n) is 4.82. The van der Waals surface area contributed by atoms with E-state index in [9.17, 15) is 0 Å². The van der Waals surface area contributed by atoms with Crippen LogP contribution in [0.5, 0.6) is 0 Å². The molecule has 6 heteroatoms. The summed E-state index contributed by atoms with van der Waals surface area (Å²) in [6.07, 6.45) is 0. The van der Waals surface area contributed by atoms with Gasteiger partial charge < -0.3 is 20.4 Å². The molecule has 0 amide bonds. The molecule has 1 aromatic heterocycles. The lowest BCUT2D eigenvalue weighted by Gasteiger charge is -2.34. The summed E-state index contributed by atoms with van der Waals surface area (Å²) in [5.41, 5.74) is 4.61. The summed E-state index contributed by atoms with van der Waals surface area (Å²) in [5.74, 6) is 1.11. The van der Waals surface area contributed by atoms with Crippen LogP contribution in [0.25, 0.3) is 0 Å². The first-order valence-corrected chi connectivity index (χ1v) is 9.63. The minimum absolute atomic E-state index is 0.855. The highest BCUT2D eigenvalue weighted by Gasteiger charge is 2.25.